The van der Waals surface area contributed by atoms with E-state index in [-0.39, 0.29) is 31.3 Å². The molecule has 0 spiro atoms. The van der Waals surface area contributed by atoms with Crippen LogP contribution in [0.3, 0.4) is 0 Å². The van der Waals surface area contributed by atoms with E-state index in [4.69, 9.17) is 0 Å². The van der Waals surface area contributed by atoms with E-state index in [0.717, 1.165) is 38.5 Å². The molecule has 6 rings (SSSR count). The summed E-state index contributed by atoms with van der Waals surface area (Å²) in [5.74, 6) is 0.463. The number of fused-ring (bicyclic) bond motifs is 6. The average Bonchev–Trinajstić information content (AvgIpc) is 2.57. The second-order valence-corrected chi connectivity index (χ2v) is 7.88. The first-order valence-electron chi connectivity index (χ1n) is 8.96. The molecule has 23 heavy (non-hydrogen) atoms. The van der Waals surface area contributed by atoms with Gasteiger partial charge in [0.25, 0.3) is 0 Å². The zero-order valence-corrected chi connectivity index (χ0v) is 16.8. The number of carboxylic acid groups (broad SMARTS) is 2. The van der Waals surface area contributed by atoms with Gasteiger partial charge in [0, 0.05) is 23.8 Å². The Morgan fingerprint density at radius 2 is 0.913 bits per heavy atom. The van der Waals surface area contributed by atoms with Crippen LogP contribution in [0.25, 0.3) is 0 Å². The molecule has 0 saturated heterocycles. The van der Waals surface area contributed by atoms with Crippen LogP contribution < -0.4 is 10.2 Å². The summed E-state index contributed by atoms with van der Waals surface area (Å²) in [5.41, 5.74) is 0. The van der Waals surface area contributed by atoms with Gasteiger partial charge in [-0.3, -0.25) is 0 Å². The summed E-state index contributed by atoms with van der Waals surface area (Å²) in [6.07, 6.45) is 11.3. The molecule has 4 bridgehead atoms. The predicted octanol–water partition coefficient (Wildman–Crippen LogP) is 1.12. The van der Waals surface area contributed by atoms with Gasteiger partial charge >= 0.3 is 19.5 Å². The number of carboxylic acids is 2. The molecule has 0 unspecified atom stereocenters. The van der Waals surface area contributed by atoms with Crippen molar-refractivity contribution in [3.63, 3.8) is 0 Å². The van der Waals surface area contributed by atoms with E-state index in [1.54, 1.807) is 0 Å². The Hall–Kier alpha value is -0.437. The third kappa shape index (κ3) is 4.35. The fraction of sp³-hybridized carbons (Fsp3) is 0.889. The van der Waals surface area contributed by atoms with Crippen LogP contribution in [-0.4, -0.2) is 11.9 Å². The monoisotopic (exact) mass is 370 g/mol. The first kappa shape index (κ1) is 18.9. The molecule has 124 valence electrons. The fourth-order valence-electron chi connectivity index (χ4n) is 5.33. The molecule has 0 heterocycles. The zero-order valence-electron chi connectivity index (χ0n) is 13.9. The summed E-state index contributed by atoms with van der Waals surface area (Å²) in [6, 6.07) is 0. The molecule has 5 heteroatoms. The van der Waals surface area contributed by atoms with Crippen LogP contribution in [0.5, 0.6) is 0 Å². The molecule has 0 aromatic heterocycles. The maximum atomic E-state index is 10.6. The van der Waals surface area contributed by atoms with E-state index in [0.29, 0.717) is 23.7 Å². The number of hydrogen-bond donors (Lipinski definition) is 0. The molecule has 0 N–H and O–H groups in total. The molecule has 0 aromatic carbocycles. The Labute approximate surface area is 151 Å². The Kier molecular flexibility index (Phi) is 6.65. The summed E-state index contributed by atoms with van der Waals surface area (Å²) in [4.78, 5) is 21.3. The normalized spacial score (nSPS) is 40.5. The summed E-state index contributed by atoms with van der Waals surface area (Å²) in [7, 11) is 0. The SMILES string of the molecule is O=C([O-])[C@H]1CC2CCC1CC2.O=C([O-])[C@H]1CC2CCC1CC2.[Zn+2]. The van der Waals surface area contributed by atoms with Crippen LogP contribution in [0.4, 0.5) is 0 Å². The molecular formula is C18H26O4Zn. The zero-order chi connectivity index (χ0) is 15.7. The summed E-state index contributed by atoms with van der Waals surface area (Å²) < 4.78 is 0. The molecule has 6 fully saturated rings. The van der Waals surface area contributed by atoms with Gasteiger partial charge in [0.1, 0.15) is 0 Å². The van der Waals surface area contributed by atoms with Crippen molar-refractivity contribution in [1.29, 1.82) is 0 Å². The van der Waals surface area contributed by atoms with Gasteiger partial charge in [0.2, 0.25) is 0 Å². The molecular weight excluding hydrogens is 346 g/mol. The topological polar surface area (TPSA) is 80.3 Å². The van der Waals surface area contributed by atoms with Gasteiger partial charge in [-0.05, 0) is 62.2 Å². The van der Waals surface area contributed by atoms with E-state index < -0.39 is 11.9 Å². The van der Waals surface area contributed by atoms with Gasteiger partial charge in [-0.15, -0.1) is 0 Å². The van der Waals surface area contributed by atoms with Crippen molar-refractivity contribution in [3.8, 4) is 0 Å². The average molecular weight is 372 g/mol. The quantitative estimate of drug-likeness (QED) is 0.681. The van der Waals surface area contributed by atoms with Gasteiger partial charge in [0.15, 0.2) is 0 Å². The molecule has 0 aliphatic heterocycles. The molecule has 0 radical (unpaired) electrons. The van der Waals surface area contributed by atoms with Crippen molar-refractivity contribution in [2.45, 2.75) is 64.2 Å². The van der Waals surface area contributed by atoms with Crippen molar-refractivity contribution >= 4 is 11.9 Å². The van der Waals surface area contributed by atoms with Crippen molar-refractivity contribution < 1.29 is 39.3 Å². The predicted molar refractivity (Wildman–Crippen MR) is 77.1 cm³/mol. The standard InChI is InChI=1S/2C9H14O2.Zn/c2*10-9(11)8-5-6-1-3-7(8)4-2-6;/h2*6-8H,1-5H2,(H,10,11);/q;;+2/p-2/t2*6?,7?,8-;/m00./s1. The minimum Gasteiger partial charge on any atom is -0.550 e. The van der Waals surface area contributed by atoms with E-state index in [9.17, 15) is 19.8 Å². The Balaban J connectivity index is 0.000000160. The molecule has 2 atom stereocenters. The summed E-state index contributed by atoms with van der Waals surface area (Å²) in [5, 5.41) is 21.3. The van der Waals surface area contributed by atoms with Crippen LogP contribution in [-0.2, 0) is 29.1 Å². The molecule has 6 aliphatic carbocycles. The van der Waals surface area contributed by atoms with Crippen molar-refractivity contribution in [2.75, 3.05) is 0 Å². The van der Waals surface area contributed by atoms with E-state index in [1.807, 2.05) is 0 Å². The molecule has 6 aliphatic rings. The smallest absolute Gasteiger partial charge is 0.550 e. The third-order valence-corrected chi connectivity index (χ3v) is 6.70. The van der Waals surface area contributed by atoms with Crippen LogP contribution >= 0.6 is 0 Å². The van der Waals surface area contributed by atoms with Gasteiger partial charge in [-0.2, -0.15) is 0 Å². The van der Waals surface area contributed by atoms with Gasteiger partial charge < -0.3 is 19.8 Å². The van der Waals surface area contributed by atoms with Crippen molar-refractivity contribution in [1.82, 2.24) is 0 Å². The second-order valence-electron chi connectivity index (χ2n) is 7.88. The second kappa shape index (κ2) is 8.09. The minimum atomic E-state index is -0.806. The summed E-state index contributed by atoms with van der Waals surface area (Å²) >= 11 is 0. The van der Waals surface area contributed by atoms with Crippen LogP contribution in [0.15, 0.2) is 0 Å². The van der Waals surface area contributed by atoms with Crippen LogP contribution in [0.2, 0.25) is 0 Å². The first-order valence-corrected chi connectivity index (χ1v) is 8.96. The minimum absolute atomic E-state index is 0. The van der Waals surface area contributed by atoms with E-state index in [2.05, 4.69) is 0 Å². The molecule has 0 aromatic rings. The maximum Gasteiger partial charge on any atom is 2.00 e. The third-order valence-electron chi connectivity index (χ3n) is 6.70. The maximum absolute atomic E-state index is 10.6. The molecule has 4 nitrogen and oxygen atoms in total. The number of hydrogen-bond acceptors (Lipinski definition) is 4. The van der Waals surface area contributed by atoms with Gasteiger partial charge in [-0.25, -0.2) is 0 Å². The Bertz CT molecular complexity index is 383. The first-order chi connectivity index (χ1) is 10.5. The molecule has 6 saturated carbocycles. The van der Waals surface area contributed by atoms with Gasteiger partial charge in [-0.1, -0.05) is 25.7 Å². The van der Waals surface area contributed by atoms with Crippen LogP contribution in [0.1, 0.15) is 64.2 Å². The van der Waals surface area contributed by atoms with Crippen molar-refractivity contribution in [3.05, 3.63) is 0 Å². The van der Waals surface area contributed by atoms with Crippen molar-refractivity contribution in [2.24, 2.45) is 35.5 Å². The van der Waals surface area contributed by atoms with E-state index in [1.165, 1.54) is 25.7 Å². The van der Waals surface area contributed by atoms with Gasteiger partial charge in [0.05, 0.1) is 0 Å². The van der Waals surface area contributed by atoms with E-state index >= 15 is 0 Å². The summed E-state index contributed by atoms with van der Waals surface area (Å²) in [6.45, 7) is 0. The Morgan fingerprint density at radius 1 is 0.609 bits per heavy atom. The number of rotatable bonds is 2. The number of carbonyl (C=O) groups excluding carboxylic acids is 2. The largest absolute Gasteiger partial charge is 2.00 e. The fourth-order valence-corrected chi connectivity index (χ4v) is 5.33. The van der Waals surface area contributed by atoms with Crippen LogP contribution in [0, 0.1) is 35.5 Å². The number of carbonyl (C=O) groups is 2. The number of aliphatic carboxylic acids is 2. The molecule has 0 amide bonds. The Morgan fingerprint density at radius 3 is 1.04 bits per heavy atom.